The van der Waals surface area contributed by atoms with Gasteiger partial charge in [0.05, 0.1) is 28.5 Å². The Morgan fingerprint density at radius 2 is 2.13 bits per heavy atom. The number of hydrazone groups is 1. The molecule has 2 rings (SSSR count). The Labute approximate surface area is 138 Å². The molecule has 0 atom stereocenters. The average Bonchev–Trinajstić information content (AvgIpc) is 3.13. The summed E-state index contributed by atoms with van der Waals surface area (Å²) in [6, 6.07) is 3.54. The summed E-state index contributed by atoms with van der Waals surface area (Å²) < 4.78 is 5.06. The molecule has 0 spiro atoms. The summed E-state index contributed by atoms with van der Waals surface area (Å²) in [5.41, 5.74) is 5.80. The van der Waals surface area contributed by atoms with Crippen LogP contribution >= 0.6 is 11.3 Å². The van der Waals surface area contributed by atoms with Crippen molar-refractivity contribution in [2.24, 2.45) is 5.10 Å². The molecule has 6 nitrogen and oxygen atoms in total. The van der Waals surface area contributed by atoms with Gasteiger partial charge in [0, 0.05) is 5.69 Å². The number of aromatic nitrogens is 1. The lowest BCUT2D eigenvalue weighted by Crippen LogP contribution is -2.18. The molecule has 0 unspecified atom stereocenters. The fourth-order valence-corrected chi connectivity index (χ4v) is 2.89. The number of carbonyl (C=O) groups is 2. The minimum atomic E-state index is -0.361. The van der Waals surface area contributed by atoms with Crippen LogP contribution in [0.1, 0.15) is 50.8 Å². The van der Waals surface area contributed by atoms with Gasteiger partial charge in [0.2, 0.25) is 0 Å². The number of nitrogens with zero attached hydrogens (tertiary/aromatic N) is 1. The van der Waals surface area contributed by atoms with Crippen LogP contribution in [-0.2, 0) is 4.74 Å². The number of ether oxygens (including phenoxy) is 1. The molecule has 0 radical (unpaired) electrons. The highest BCUT2D eigenvalue weighted by Crippen LogP contribution is 2.19. The number of amides is 1. The number of aromatic amines is 1. The molecule has 0 aliphatic rings. The maximum absolute atomic E-state index is 12.0. The van der Waals surface area contributed by atoms with E-state index in [0.29, 0.717) is 28.5 Å². The highest BCUT2D eigenvalue weighted by Gasteiger charge is 2.20. The summed E-state index contributed by atoms with van der Waals surface area (Å²) >= 11 is 1.35. The van der Waals surface area contributed by atoms with E-state index in [0.717, 1.165) is 11.3 Å². The summed E-state index contributed by atoms with van der Waals surface area (Å²) in [7, 11) is 0. The van der Waals surface area contributed by atoms with E-state index in [2.05, 4.69) is 15.5 Å². The van der Waals surface area contributed by atoms with E-state index < -0.39 is 0 Å². The van der Waals surface area contributed by atoms with Gasteiger partial charge in [-0.3, -0.25) is 4.79 Å². The zero-order chi connectivity index (χ0) is 17.0. The molecule has 23 heavy (non-hydrogen) atoms. The molecule has 0 aromatic carbocycles. The number of hydrogen-bond donors (Lipinski definition) is 2. The molecular formula is C16H19N3O3S. The molecule has 2 aromatic heterocycles. The Kier molecular flexibility index (Phi) is 5.33. The summed E-state index contributed by atoms with van der Waals surface area (Å²) in [6.07, 6.45) is 0. The van der Waals surface area contributed by atoms with Crippen LogP contribution < -0.4 is 5.43 Å². The normalized spacial score (nSPS) is 11.4. The molecule has 0 saturated heterocycles. The highest BCUT2D eigenvalue weighted by atomic mass is 32.1. The number of rotatable bonds is 5. The van der Waals surface area contributed by atoms with Crippen molar-refractivity contribution in [1.82, 2.24) is 10.4 Å². The lowest BCUT2D eigenvalue weighted by Gasteiger charge is -2.03. The number of esters is 1. The van der Waals surface area contributed by atoms with Crippen LogP contribution in [-0.4, -0.2) is 29.2 Å². The van der Waals surface area contributed by atoms with Gasteiger partial charge in [-0.2, -0.15) is 5.10 Å². The summed E-state index contributed by atoms with van der Waals surface area (Å²) in [4.78, 5) is 27.6. The summed E-state index contributed by atoms with van der Waals surface area (Å²) in [5.74, 6) is -0.619. The van der Waals surface area contributed by atoms with E-state index in [9.17, 15) is 9.59 Å². The number of nitrogens with one attached hydrogen (secondary N) is 2. The van der Waals surface area contributed by atoms with Gasteiger partial charge in [-0.05, 0) is 44.7 Å². The van der Waals surface area contributed by atoms with Crippen molar-refractivity contribution in [2.45, 2.75) is 27.7 Å². The third kappa shape index (κ3) is 3.68. The zero-order valence-corrected chi connectivity index (χ0v) is 14.3. The number of carbonyl (C=O) groups excluding carboxylic acids is 2. The van der Waals surface area contributed by atoms with Crippen molar-refractivity contribution in [3.05, 3.63) is 44.9 Å². The van der Waals surface area contributed by atoms with Crippen molar-refractivity contribution in [3.8, 4) is 0 Å². The first kappa shape index (κ1) is 17.0. The third-order valence-corrected chi connectivity index (χ3v) is 4.22. The first-order valence-corrected chi connectivity index (χ1v) is 8.08. The van der Waals surface area contributed by atoms with Crippen molar-refractivity contribution < 1.29 is 14.3 Å². The van der Waals surface area contributed by atoms with Gasteiger partial charge < -0.3 is 9.72 Å². The monoisotopic (exact) mass is 333 g/mol. The Balaban J connectivity index is 2.21. The van der Waals surface area contributed by atoms with E-state index in [-0.39, 0.29) is 11.9 Å². The number of hydrogen-bond acceptors (Lipinski definition) is 5. The van der Waals surface area contributed by atoms with Gasteiger partial charge in [-0.1, -0.05) is 6.07 Å². The molecule has 0 bridgehead atoms. The molecule has 2 N–H and O–H groups in total. The minimum Gasteiger partial charge on any atom is -0.462 e. The Morgan fingerprint density at radius 3 is 2.74 bits per heavy atom. The van der Waals surface area contributed by atoms with E-state index in [1.54, 1.807) is 32.9 Å². The van der Waals surface area contributed by atoms with Crippen LogP contribution in [0, 0.1) is 13.8 Å². The lowest BCUT2D eigenvalue weighted by atomic mass is 10.1. The zero-order valence-electron chi connectivity index (χ0n) is 13.5. The predicted octanol–water partition coefficient (Wildman–Crippen LogP) is 3.02. The van der Waals surface area contributed by atoms with Gasteiger partial charge in [0.1, 0.15) is 0 Å². The Bertz CT molecular complexity index is 745. The molecule has 1 amide bonds. The molecule has 122 valence electrons. The van der Waals surface area contributed by atoms with Gasteiger partial charge in [-0.15, -0.1) is 11.3 Å². The second-order valence-electron chi connectivity index (χ2n) is 4.96. The Hall–Kier alpha value is -2.41. The molecule has 7 heteroatoms. The highest BCUT2D eigenvalue weighted by molar-refractivity contribution is 7.12. The fourth-order valence-electron chi connectivity index (χ4n) is 2.27. The van der Waals surface area contributed by atoms with Crippen molar-refractivity contribution in [2.75, 3.05) is 6.61 Å². The quantitative estimate of drug-likeness (QED) is 0.501. The number of H-pyrrole nitrogens is 1. The second-order valence-corrected chi connectivity index (χ2v) is 5.91. The second kappa shape index (κ2) is 7.23. The largest absolute Gasteiger partial charge is 0.462 e. The fraction of sp³-hybridized carbons (Fsp3) is 0.312. The third-order valence-electron chi connectivity index (χ3n) is 3.35. The molecule has 0 aliphatic heterocycles. The molecular weight excluding hydrogens is 314 g/mol. The molecule has 2 aromatic rings. The van der Waals surface area contributed by atoms with Crippen LogP contribution in [0.15, 0.2) is 22.6 Å². The Morgan fingerprint density at radius 1 is 1.39 bits per heavy atom. The van der Waals surface area contributed by atoms with E-state index >= 15 is 0 Å². The summed E-state index contributed by atoms with van der Waals surface area (Å²) in [6.45, 7) is 7.48. The van der Waals surface area contributed by atoms with E-state index in [4.69, 9.17) is 4.74 Å². The molecule has 0 aliphatic carbocycles. The smallest absolute Gasteiger partial charge is 0.340 e. The molecule has 2 heterocycles. The SMILES string of the molecule is CCOC(=O)c1c(C)[nH]c(/C(C)=N/NC(=O)c2cccs2)c1C. The standard InChI is InChI=1S/C16H19N3O3S/c1-5-22-16(21)13-9(2)14(17-10(13)3)11(4)18-19-15(20)12-7-6-8-23-12/h6-8,17H,5H2,1-4H3,(H,19,20)/b18-11+. The van der Waals surface area contributed by atoms with Gasteiger partial charge in [0.15, 0.2) is 0 Å². The van der Waals surface area contributed by atoms with Crippen molar-refractivity contribution in [3.63, 3.8) is 0 Å². The topological polar surface area (TPSA) is 83.6 Å². The first-order valence-electron chi connectivity index (χ1n) is 7.20. The molecule has 0 saturated carbocycles. The average molecular weight is 333 g/mol. The number of aryl methyl sites for hydroxylation is 1. The van der Waals surface area contributed by atoms with Crippen LogP contribution in [0.4, 0.5) is 0 Å². The minimum absolute atomic E-state index is 0.258. The lowest BCUT2D eigenvalue weighted by molar-refractivity contribution is 0.0525. The van der Waals surface area contributed by atoms with Crippen LogP contribution in [0.2, 0.25) is 0 Å². The van der Waals surface area contributed by atoms with Crippen molar-refractivity contribution in [1.29, 1.82) is 0 Å². The van der Waals surface area contributed by atoms with E-state index in [1.165, 1.54) is 11.3 Å². The maximum Gasteiger partial charge on any atom is 0.340 e. The van der Waals surface area contributed by atoms with Crippen LogP contribution in [0.5, 0.6) is 0 Å². The van der Waals surface area contributed by atoms with Crippen molar-refractivity contribution >= 4 is 28.9 Å². The predicted molar refractivity (Wildman–Crippen MR) is 90.2 cm³/mol. The van der Waals surface area contributed by atoms with E-state index in [1.807, 2.05) is 12.3 Å². The van der Waals surface area contributed by atoms with Gasteiger partial charge in [-0.25, -0.2) is 10.2 Å². The maximum atomic E-state index is 12.0. The van der Waals surface area contributed by atoms with Crippen LogP contribution in [0.25, 0.3) is 0 Å². The van der Waals surface area contributed by atoms with Gasteiger partial charge in [0.25, 0.3) is 5.91 Å². The van der Waals surface area contributed by atoms with Gasteiger partial charge >= 0.3 is 5.97 Å². The molecule has 0 fully saturated rings. The summed E-state index contributed by atoms with van der Waals surface area (Å²) in [5, 5.41) is 5.94. The first-order chi connectivity index (χ1) is 11.0. The van der Waals surface area contributed by atoms with Crippen LogP contribution in [0.3, 0.4) is 0 Å². The number of thiophene rings is 1.